The molecule has 1 aliphatic heterocycles. The molecule has 1 aliphatic rings. The summed E-state index contributed by atoms with van der Waals surface area (Å²) in [6.07, 6.45) is 0. The fourth-order valence-corrected chi connectivity index (χ4v) is 3.02. The Bertz CT molecular complexity index is 585. The molecular weight excluding hydrogens is 282 g/mol. The van der Waals surface area contributed by atoms with Crippen LogP contribution in [0.2, 0.25) is 5.02 Å². The lowest BCUT2D eigenvalue weighted by atomic mass is 10.1. The number of ether oxygens (including phenoxy) is 2. The lowest BCUT2D eigenvalue weighted by molar-refractivity contribution is 0.174. The maximum atomic E-state index is 5.91. The molecule has 3 rings (SSSR count). The Labute approximate surface area is 121 Å². The first kappa shape index (κ1) is 12.8. The van der Waals surface area contributed by atoms with E-state index in [1.54, 1.807) is 11.3 Å². The van der Waals surface area contributed by atoms with Gasteiger partial charge in [-0.2, -0.15) is 0 Å². The van der Waals surface area contributed by atoms with E-state index < -0.39 is 0 Å². The zero-order chi connectivity index (χ0) is 13.2. The van der Waals surface area contributed by atoms with E-state index in [4.69, 9.17) is 21.1 Å². The third-order valence-electron chi connectivity index (χ3n) is 3.10. The highest BCUT2D eigenvalue weighted by atomic mass is 35.5. The number of hydrogen-bond donors (Lipinski definition) is 1. The average molecular weight is 296 g/mol. The normalized spacial score (nSPS) is 14.6. The molecule has 1 N–H and O–H groups in total. The third-order valence-corrected chi connectivity index (χ3v) is 4.39. The summed E-state index contributed by atoms with van der Waals surface area (Å²) in [6.45, 7) is 3.26. The molecule has 5 heteroatoms. The summed E-state index contributed by atoms with van der Waals surface area (Å²) < 4.78 is 10.7. The van der Waals surface area contributed by atoms with Crippen molar-refractivity contribution in [3.05, 3.63) is 45.1 Å². The van der Waals surface area contributed by atoms with Crippen LogP contribution < -0.4 is 14.8 Å². The molecule has 1 aromatic carbocycles. The fourth-order valence-electron chi connectivity index (χ4n) is 2.00. The second-order valence-electron chi connectivity index (χ2n) is 4.45. The number of rotatable bonds is 4. The van der Waals surface area contributed by atoms with Crippen LogP contribution in [0.25, 0.3) is 0 Å². The summed E-state index contributed by atoms with van der Waals surface area (Å²) in [5, 5.41) is 6.23. The van der Waals surface area contributed by atoms with Gasteiger partial charge in [-0.25, -0.2) is 0 Å². The van der Waals surface area contributed by atoms with Gasteiger partial charge in [0.15, 0.2) is 11.5 Å². The topological polar surface area (TPSA) is 30.5 Å². The minimum absolute atomic E-state index is 0.246. The van der Waals surface area contributed by atoms with Gasteiger partial charge >= 0.3 is 0 Å². The highest BCUT2D eigenvalue weighted by Gasteiger charge is 2.15. The largest absolute Gasteiger partial charge is 0.454 e. The van der Waals surface area contributed by atoms with Gasteiger partial charge in [-0.1, -0.05) is 17.7 Å². The van der Waals surface area contributed by atoms with Crippen molar-refractivity contribution in [2.45, 2.75) is 19.5 Å². The molecule has 0 spiro atoms. The summed E-state index contributed by atoms with van der Waals surface area (Å²) in [4.78, 5) is 1.23. The minimum Gasteiger partial charge on any atom is -0.454 e. The molecule has 0 fully saturated rings. The third kappa shape index (κ3) is 2.86. The number of benzene rings is 1. The van der Waals surface area contributed by atoms with E-state index in [0.717, 1.165) is 23.1 Å². The maximum Gasteiger partial charge on any atom is 0.231 e. The Kier molecular flexibility index (Phi) is 3.64. The van der Waals surface area contributed by atoms with Crippen LogP contribution in [0.5, 0.6) is 11.5 Å². The van der Waals surface area contributed by atoms with Crippen LogP contribution in [0.4, 0.5) is 0 Å². The maximum absolute atomic E-state index is 5.91. The standard InChI is InChI=1S/C14H14ClNO2S/c1-9(16-6-12-5-11(15)7-19-12)10-2-3-13-14(4-10)18-8-17-13/h2-5,7,9,16H,6,8H2,1H3. The van der Waals surface area contributed by atoms with E-state index >= 15 is 0 Å². The molecule has 0 bridgehead atoms. The summed E-state index contributed by atoms with van der Waals surface area (Å²) in [5.41, 5.74) is 1.19. The molecule has 0 radical (unpaired) electrons. The van der Waals surface area contributed by atoms with E-state index in [0.29, 0.717) is 6.79 Å². The molecule has 0 saturated heterocycles. The Hall–Kier alpha value is -1.23. The minimum atomic E-state index is 0.246. The highest BCUT2D eigenvalue weighted by molar-refractivity contribution is 7.10. The van der Waals surface area contributed by atoms with Crippen molar-refractivity contribution in [2.24, 2.45) is 0 Å². The number of thiophene rings is 1. The fraction of sp³-hybridized carbons (Fsp3) is 0.286. The van der Waals surface area contributed by atoms with Gasteiger partial charge in [-0.3, -0.25) is 0 Å². The van der Waals surface area contributed by atoms with Crippen molar-refractivity contribution < 1.29 is 9.47 Å². The van der Waals surface area contributed by atoms with Crippen LogP contribution in [-0.4, -0.2) is 6.79 Å². The van der Waals surface area contributed by atoms with Gasteiger partial charge in [-0.15, -0.1) is 11.3 Å². The molecule has 19 heavy (non-hydrogen) atoms. The summed E-state index contributed by atoms with van der Waals surface area (Å²) in [5.74, 6) is 1.64. The van der Waals surface area contributed by atoms with Crippen LogP contribution in [0.1, 0.15) is 23.4 Å². The van der Waals surface area contributed by atoms with E-state index in [9.17, 15) is 0 Å². The van der Waals surface area contributed by atoms with Gasteiger partial charge < -0.3 is 14.8 Å². The monoisotopic (exact) mass is 295 g/mol. The number of hydrogen-bond acceptors (Lipinski definition) is 4. The molecule has 1 unspecified atom stereocenters. The van der Waals surface area contributed by atoms with Crippen LogP contribution in [-0.2, 0) is 6.54 Å². The molecule has 0 amide bonds. The average Bonchev–Trinajstić information content (AvgIpc) is 3.03. The quantitative estimate of drug-likeness (QED) is 0.925. The Balaban J connectivity index is 1.65. The number of fused-ring (bicyclic) bond motifs is 1. The predicted molar refractivity (Wildman–Crippen MR) is 77.1 cm³/mol. The van der Waals surface area contributed by atoms with Crippen LogP contribution in [0, 0.1) is 0 Å². The summed E-state index contributed by atoms with van der Waals surface area (Å²) in [6, 6.07) is 8.28. The summed E-state index contributed by atoms with van der Waals surface area (Å²) in [7, 11) is 0. The van der Waals surface area contributed by atoms with Gasteiger partial charge in [0.25, 0.3) is 0 Å². The van der Waals surface area contributed by atoms with E-state index in [1.807, 2.05) is 23.6 Å². The predicted octanol–water partition coefficient (Wildman–Crippen LogP) is 3.98. The lowest BCUT2D eigenvalue weighted by Gasteiger charge is -2.14. The molecule has 0 aliphatic carbocycles. The van der Waals surface area contributed by atoms with Gasteiger partial charge in [0.1, 0.15) is 0 Å². The first-order valence-corrected chi connectivity index (χ1v) is 7.34. The van der Waals surface area contributed by atoms with Crippen molar-refractivity contribution >= 4 is 22.9 Å². The zero-order valence-corrected chi connectivity index (χ0v) is 12.1. The highest BCUT2D eigenvalue weighted by Crippen LogP contribution is 2.34. The first-order valence-electron chi connectivity index (χ1n) is 6.08. The van der Waals surface area contributed by atoms with Crippen molar-refractivity contribution in [3.63, 3.8) is 0 Å². The molecule has 3 nitrogen and oxygen atoms in total. The van der Waals surface area contributed by atoms with Gasteiger partial charge in [0, 0.05) is 22.8 Å². The number of halogens is 1. The Morgan fingerprint density at radius 3 is 2.95 bits per heavy atom. The smallest absolute Gasteiger partial charge is 0.231 e. The van der Waals surface area contributed by atoms with Gasteiger partial charge in [-0.05, 0) is 30.7 Å². The van der Waals surface area contributed by atoms with Crippen molar-refractivity contribution in [3.8, 4) is 11.5 Å². The van der Waals surface area contributed by atoms with Crippen molar-refractivity contribution in [2.75, 3.05) is 6.79 Å². The van der Waals surface area contributed by atoms with Crippen molar-refractivity contribution in [1.82, 2.24) is 5.32 Å². The van der Waals surface area contributed by atoms with E-state index in [2.05, 4.69) is 18.3 Å². The Morgan fingerprint density at radius 1 is 1.32 bits per heavy atom. The van der Waals surface area contributed by atoms with Gasteiger partial charge in [0.2, 0.25) is 6.79 Å². The first-order chi connectivity index (χ1) is 9.22. The van der Waals surface area contributed by atoms with E-state index in [1.165, 1.54) is 10.4 Å². The van der Waals surface area contributed by atoms with E-state index in [-0.39, 0.29) is 6.04 Å². The molecule has 0 saturated carbocycles. The van der Waals surface area contributed by atoms with Crippen molar-refractivity contribution in [1.29, 1.82) is 0 Å². The Morgan fingerprint density at radius 2 is 2.16 bits per heavy atom. The number of nitrogens with one attached hydrogen (secondary N) is 1. The zero-order valence-electron chi connectivity index (χ0n) is 10.5. The summed E-state index contributed by atoms with van der Waals surface area (Å²) >= 11 is 7.58. The molecule has 1 aromatic heterocycles. The second-order valence-corrected chi connectivity index (χ2v) is 5.88. The molecular formula is C14H14ClNO2S. The molecule has 1 atom stereocenters. The van der Waals surface area contributed by atoms with Crippen LogP contribution in [0.3, 0.4) is 0 Å². The lowest BCUT2D eigenvalue weighted by Crippen LogP contribution is -2.17. The SMILES string of the molecule is CC(NCc1cc(Cl)cs1)c1ccc2c(c1)OCO2. The van der Waals surface area contributed by atoms with Crippen LogP contribution in [0.15, 0.2) is 29.6 Å². The van der Waals surface area contributed by atoms with Crippen LogP contribution >= 0.6 is 22.9 Å². The van der Waals surface area contributed by atoms with Gasteiger partial charge in [0.05, 0.1) is 5.02 Å². The second kappa shape index (κ2) is 5.41. The molecule has 2 heterocycles. The molecule has 2 aromatic rings. The molecule has 100 valence electrons.